The van der Waals surface area contributed by atoms with E-state index in [4.69, 9.17) is 14.9 Å². The summed E-state index contributed by atoms with van der Waals surface area (Å²) in [5.74, 6) is 1.34. The van der Waals surface area contributed by atoms with E-state index in [1.807, 2.05) is 48.5 Å². The number of nitrogens with two attached hydrogens (primary N) is 1. The summed E-state index contributed by atoms with van der Waals surface area (Å²) < 4.78 is 11.2. The van der Waals surface area contributed by atoms with E-state index in [0.29, 0.717) is 19.0 Å². The van der Waals surface area contributed by atoms with Crippen LogP contribution >= 0.6 is 0 Å². The Morgan fingerprint density at radius 2 is 2.00 bits per heavy atom. The van der Waals surface area contributed by atoms with E-state index in [1.54, 1.807) is 0 Å². The summed E-state index contributed by atoms with van der Waals surface area (Å²) in [6, 6.07) is 15.3. The highest BCUT2D eigenvalue weighted by Crippen LogP contribution is 2.18. The van der Waals surface area contributed by atoms with Crippen LogP contribution < -0.4 is 10.5 Å². The van der Waals surface area contributed by atoms with E-state index < -0.39 is 0 Å². The predicted octanol–water partition coefficient (Wildman–Crippen LogP) is 2.87. The molecular formula is C15H14N2O2. The highest BCUT2D eigenvalue weighted by molar-refractivity contribution is 5.72. The van der Waals surface area contributed by atoms with Crippen LogP contribution in [0.5, 0.6) is 5.75 Å². The van der Waals surface area contributed by atoms with Crippen LogP contribution in [0.2, 0.25) is 0 Å². The van der Waals surface area contributed by atoms with Gasteiger partial charge in [0.1, 0.15) is 11.3 Å². The Bertz CT molecular complexity index is 658. The average Bonchev–Trinajstić information content (AvgIpc) is 2.88. The first-order valence-electron chi connectivity index (χ1n) is 6.11. The van der Waals surface area contributed by atoms with Crippen LogP contribution in [0.15, 0.2) is 52.9 Å². The summed E-state index contributed by atoms with van der Waals surface area (Å²) in [4.78, 5) is 4.35. The van der Waals surface area contributed by atoms with Crippen molar-refractivity contribution in [3.63, 3.8) is 0 Å². The minimum absolute atomic E-state index is 0.308. The topological polar surface area (TPSA) is 61.3 Å². The molecule has 0 radical (unpaired) electrons. The quantitative estimate of drug-likeness (QED) is 0.777. The van der Waals surface area contributed by atoms with Gasteiger partial charge in [-0.15, -0.1) is 0 Å². The average molecular weight is 254 g/mol. The number of oxazole rings is 1. The minimum atomic E-state index is 0.308. The lowest BCUT2D eigenvalue weighted by molar-refractivity contribution is 0.267. The van der Waals surface area contributed by atoms with Crippen molar-refractivity contribution >= 4 is 11.1 Å². The lowest BCUT2D eigenvalue weighted by Gasteiger charge is -2.04. The second-order valence-electron chi connectivity index (χ2n) is 4.22. The molecule has 3 rings (SSSR count). The highest BCUT2D eigenvalue weighted by atomic mass is 16.5. The molecule has 0 atom stereocenters. The zero-order valence-corrected chi connectivity index (χ0v) is 10.4. The molecule has 0 unspecified atom stereocenters. The first kappa shape index (κ1) is 11.7. The zero-order valence-electron chi connectivity index (χ0n) is 10.4. The van der Waals surface area contributed by atoms with Gasteiger partial charge in [-0.05, 0) is 29.8 Å². The Morgan fingerprint density at radius 1 is 1.11 bits per heavy atom. The summed E-state index contributed by atoms with van der Waals surface area (Å²) in [5, 5.41) is 0. The molecular weight excluding hydrogens is 240 g/mol. The van der Waals surface area contributed by atoms with Crippen molar-refractivity contribution in [3.05, 3.63) is 60.0 Å². The molecule has 4 nitrogen and oxygen atoms in total. The SMILES string of the molecule is NCc1cccc(OCc2nc3ccccc3o2)c1. The van der Waals surface area contributed by atoms with Crippen molar-refractivity contribution in [2.24, 2.45) is 5.73 Å². The monoisotopic (exact) mass is 254 g/mol. The molecule has 0 spiro atoms. The molecule has 0 amide bonds. The maximum absolute atomic E-state index is 5.65. The van der Waals surface area contributed by atoms with Crippen LogP contribution in [-0.2, 0) is 13.2 Å². The number of aromatic nitrogens is 1. The third kappa shape index (κ3) is 2.58. The number of ether oxygens (including phenoxy) is 1. The van der Waals surface area contributed by atoms with Crippen LogP contribution in [0.3, 0.4) is 0 Å². The van der Waals surface area contributed by atoms with E-state index in [2.05, 4.69) is 4.98 Å². The molecule has 0 aliphatic rings. The van der Waals surface area contributed by atoms with Gasteiger partial charge in [-0.2, -0.15) is 0 Å². The van der Waals surface area contributed by atoms with Gasteiger partial charge in [-0.3, -0.25) is 0 Å². The molecule has 19 heavy (non-hydrogen) atoms. The molecule has 0 saturated heterocycles. The molecule has 0 fully saturated rings. The number of fused-ring (bicyclic) bond motifs is 1. The maximum atomic E-state index is 5.65. The fourth-order valence-electron chi connectivity index (χ4n) is 1.89. The van der Waals surface area contributed by atoms with Crippen LogP contribution in [0, 0.1) is 0 Å². The van der Waals surface area contributed by atoms with Gasteiger partial charge in [0.05, 0.1) is 0 Å². The second kappa shape index (κ2) is 5.12. The van der Waals surface area contributed by atoms with Crippen molar-refractivity contribution in [2.45, 2.75) is 13.2 Å². The third-order valence-corrected chi connectivity index (χ3v) is 2.83. The number of hydrogen-bond donors (Lipinski definition) is 1. The standard InChI is InChI=1S/C15H14N2O2/c16-9-11-4-3-5-12(8-11)18-10-15-17-13-6-1-2-7-14(13)19-15/h1-8H,9-10,16H2. The number of rotatable bonds is 4. The van der Waals surface area contributed by atoms with Gasteiger partial charge >= 0.3 is 0 Å². The molecule has 2 aromatic carbocycles. The number of para-hydroxylation sites is 2. The van der Waals surface area contributed by atoms with Crippen LogP contribution in [-0.4, -0.2) is 4.98 Å². The van der Waals surface area contributed by atoms with Gasteiger partial charge in [-0.25, -0.2) is 4.98 Å². The van der Waals surface area contributed by atoms with Gasteiger partial charge in [0.25, 0.3) is 0 Å². The van der Waals surface area contributed by atoms with Gasteiger partial charge in [-0.1, -0.05) is 24.3 Å². The van der Waals surface area contributed by atoms with E-state index in [0.717, 1.165) is 22.4 Å². The number of hydrogen-bond acceptors (Lipinski definition) is 4. The van der Waals surface area contributed by atoms with Crippen LogP contribution in [0.25, 0.3) is 11.1 Å². The molecule has 1 heterocycles. The van der Waals surface area contributed by atoms with Gasteiger partial charge < -0.3 is 14.9 Å². The lowest BCUT2D eigenvalue weighted by Crippen LogP contribution is -1.99. The molecule has 96 valence electrons. The van der Waals surface area contributed by atoms with Crippen molar-refractivity contribution in [1.82, 2.24) is 4.98 Å². The smallest absolute Gasteiger partial charge is 0.233 e. The predicted molar refractivity (Wildman–Crippen MR) is 72.7 cm³/mol. The fourth-order valence-corrected chi connectivity index (χ4v) is 1.89. The Hall–Kier alpha value is -2.33. The Morgan fingerprint density at radius 3 is 2.84 bits per heavy atom. The molecule has 2 N–H and O–H groups in total. The summed E-state index contributed by atoms with van der Waals surface area (Å²) in [6.07, 6.45) is 0. The molecule has 0 saturated carbocycles. The summed E-state index contributed by atoms with van der Waals surface area (Å²) in [5.41, 5.74) is 8.25. The molecule has 0 aliphatic carbocycles. The largest absolute Gasteiger partial charge is 0.484 e. The Balaban J connectivity index is 1.74. The lowest BCUT2D eigenvalue weighted by atomic mass is 10.2. The molecule has 1 aromatic heterocycles. The maximum Gasteiger partial charge on any atom is 0.233 e. The zero-order chi connectivity index (χ0) is 13.1. The van der Waals surface area contributed by atoms with Crippen LogP contribution in [0.4, 0.5) is 0 Å². The second-order valence-corrected chi connectivity index (χ2v) is 4.22. The summed E-state index contributed by atoms with van der Waals surface area (Å²) in [7, 11) is 0. The summed E-state index contributed by atoms with van der Waals surface area (Å²) >= 11 is 0. The molecule has 0 bridgehead atoms. The molecule has 0 aliphatic heterocycles. The molecule has 3 aromatic rings. The Labute approximate surface area is 110 Å². The molecule has 4 heteroatoms. The highest BCUT2D eigenvalue weighted by Gasteiger charge is 2.05. The third-order valence-electron chi connectivity index (χ3n) is 2.83. The van der Waals surface area contributed by atoms with Crippen molar-refractivity contribution in [2.75, 3.05) is 0 Å². The van der Waals surface area contributed by atoms with E-state index in [1.165, 1.54) is 0 Å². The van der Waals surface area contributed by atoms with Crippen LogP contribution in [0.1, 0.15) is 11.5 Å². The fraction of sp³-hybridized carbons (Fsp3) is 0.133. The van der Waals surface area contributed by atoms with Gasteiger partial charge in [0, 0.05) is 6.54 Å². The van der Waals surface area contributed by atoms with Crippen molar-refractivity contribution in [1.29, 1.82) is 0 Å². The number of nitrogens with zero attached hydrogens (tertiary/aromatic N) is 1. The minimum Gasteiger partial charge on any atom is -0.484 e. The first-order valence-corrected chi connectivity index (χ1v) is 6.11. The van der Waals surface area contributed by atoms with E-state index >= 15 is 0 Å². The van der Waals surface area contributed by atoms with Gasteiger partial charge in [0.2, 0.25) is 5.89 Å². The normalized spacial score (nSPS) is 10.8. The summed E-state index contributed by atoms with van der Waals surface area (Å²) in [6.45, 7) is 0.808. The van der Waals surface area contributed by atoms with E-state index in [9.17, 15) is 0 Å². The van der Waals surface area contributed by atoms with Crippen molar-refractivity contribution in [3.8, 4) is 5.75 Å². The number of benzene rings is 2. The van der Waals surface area contributed by atoms with Gasteiger partial charge in [0.15, 0.2) is 12.2 Å². The van der Waals surface area contributed by atoms with Crippen molar-refractivity contribution < 1.29 is 9.15 Å². The first-order chi connectivity index (χ1) is 9.35. The Kier molecular flexibility index (Phi) is 3.16. The van der Waals surface area contributed by atoms with E-state index in [-0.39, 0.29) is 0 Å².